The average Bonchev–Trinajstić information content (AvgIpc) is 3.23. The lowest BCUT2D eigenvalue weighted by Gasteiger charge is -2.17. The number of hydrogen-bond donors (Lipinski definition) is 1. The summed E-state index contributed by atoms with van der Waals surface area (Å²) in [4.78, 5) is 12.5. The Bertz CT molecular complexity index is 902. The fourth-order valence-electron chi connectivity index (χ4n) is 3.08. The number of nitrogens with one attached hydrogen (secondary N) is 1. The van der Waals surface area contributed by atoms with Gasteiger partial charge in [0, 0.05) is 18.1 Å². The lowest BCUT2D eigenvalue weighted by molar-refractivity contribution is -0.121. The first-order valence-corrected chi connectivity index (χ1v) is 9.43. The van der Waals surface area contributed by atoms with E-state index in [0.29, 0.717) is 24.5 Å². The van der Waals surface area contributed by atoms with E-state index in [1.807, 2.05) is 85.4 Å². The second-order valence-corrected chi connectivity index (χ2v) is 6.57. The number of methoxy groups -OCH3 is 1. The van der Waals surface area contributed by atoms with E-state index in [0.717, 1.165) is 16.8 Å². The summed E-state index contributed by atoms with van der Waals surface area (Å²) in [5.74, 6) is 1.35. The quantitative estimate of drug-likeness (QED) is 0.636. The highest BCUT2D eigenvalue weighted by Gasteiger charge is 2.13. The Balaban J connectivity index is 1.61. The number of aromatic nitrogens is 1. The first-order chi connectivity index (χ1) is 13.6. The number of rotatable bonds is 8. The SMILES string of the molecule is CCOc1ccc(C(C)NC(=O)Cc2ccc(-n3cccc3)cc2)cc1OC. The third-order valence-corrected chi connectivity index (χ3v) is 4.57. The van der Waals surface area contributed by atoms with Crippen LogP contribution in [0.4, 0.5) is 0 Å². The predicted molar refractivity (Wildman–Crippen MR) is 110 cm³/mol. The smallest absolute Gasteiger partial charge is 0.224 e. The fourth-order valence-corrected chi connectivity index (χ4v) is 3.08. The number of ether oxygens (including phenoxy) is 2. The van der Waals surface area contributed by atoms with Crippen molar-refractivity contribution in [2.45, 2.75) is 26.3 Å². The molecule has 1 atom stereocenters. The summed E-state index contributed by atoms with van der Waals surface area (Å²) < 4.78 is 13.0. The highest BCUT2D eigenvalue weighted by Crippen LogP contribution is 2.30. The van der Waals surface area contributed by atoms with Gasteiger partial charge < -0.3 is 19.4 Å². The van der Waals surface area contributed by atoms with E-state index in [-0.39, 0.29) is 11.9 Å². The van der Waals surface area contributed by atoms with E-state index in [1.54, 1.807) is 7.11 Å². The Kier molecular flexibility index (Phi) is 6.37. The van der Waals surface area contributed by atoms with Crippen LogP contribution >= 0.6 is 0 Å². The Labute approximate surface area is 165 Å². The van der Waals surface area contributed by atoms with Crippen LogP contribution in [-0.2, 0) is 11.2 Å². The molecule has 1 amide bonds. The summed E-state index contributed by atoms with van der Waals surface area (Å²) >= 11 is 0. The van der Waals surface area contributed by atoms with Gasteiger partial charge in [0.2, 0.25) is 5.91 Å². The molecule has 28 heavy (non-hydrogen) atoms. The highest BCUT2D eigenvalue weighted by molar-refractivity contribution is 5.79. The van der Waals surface area contributed by atoms with Crippen LogP contribution in [0, 0.1) is 0 Å². The van der Waals surface area contributed by atoms with Crippen LogP contribution in [0.25, 0.3) is 5.69 Å². The van der Waals surface area contributed by atoms with E-state index < -0.39 is 0 Å². The maximum absolute atomic E-state index is 12.5. The van der Waals surface area contributed by atoms with Gasteiger partial charge in [0.1, 0.15) is 0 Å². The summed E-state index contributed by atoms with van der Waals surface area (Å²) in [6.45, 7) is 4.47. The normalized spacial score (nSPS) is 11.7. The van der Waals surface area contributed by atoms with E-state index in [4.69, 9.17) is 9.47 Å². The largest absolute Gasteiger partial charge is 0.493 e. The van der Waals surface area contributed by atoms with Gasteiger partial charge in [-0.2, -0.15) is 0 Å². The predicted octanol–water partition coefficient (Wildman–Crippen LogP) is 4.30. The summed E-state index contributed by atoms with van der Waals surface area (Å²) in [5, 5.41) is 3.05. The maximum atomic E-state index is 12.5. The van der Waals surface area contributed by atoms with Gasteiger partial charge >= 0.3 is 0 Å². The summed E-state index contributed by atoms with van der Waals surface area (Å²) in [5.41, 5.74) is 3.02. The first kappa shape index (κ1) is 19.5. The second-order valence-electron chi connectivity index (χ2n) is 6.57. The number of carbonyl (C=O) groups is 1. The number of benzene rings is 2. The molecule has 3 aromatic rings. The molecule has 3 rings (SSSR count). The van der Waals surface area contributed by atoms with Crippen LogP contribution < -0.4 is 14.8 Å². The molecular weight excluding hydrogens is 352 g/mol. The minimum atomic E-state index is -0.128. The molecule has 0 aliphatic carbocycles. The molecule has 0 aliphatic rings. The fraction of sp³-hybridized carbons (Fsp3) is 0.261. The standard InChI is InChI=1S/C23H26N2O3/c1-4-28-21-12-9-19(16-22(21)27-3)17(2)24-23(26)15-18-7-10-20(11-8-18)25-13-5-6-14-25/h5-14,16-17H,4,15H2,1-3H3,(H,24,26). The van der Waals surface area contributed by atoms with E-state index >= 15 is 0 Å². The zero-order valence-corrected chi connectivity index (χ0v) is 16.5. The molecule has 0 bridgehead atoms. The first-order valence-electron chi connectivity index (χ1n) is 9.43. The summed E-state index contributed by atoms with van der Waals surface area (Å²) in [6, 6.07) is 17.6. The number of hydrogen-bond acceptors (Lipinski definition) is 3. The van der Waals surface area contributed by atoms with Crippen molar-refractivity contribution >= 4 is 5.91 Å². The van der Waals surface area contributed by atoms with Crippen molar-refractivity contribution in [3.8, 4) is 17.2 Å². The van der Waals surface area contributed by atoms with Crippen LogP contribution in [0.1, 0.15) is 31.0 Å². The molecule has 0 spiro atoms. The molecule has 1 heterocycles. The minimum Gasteiger partial charge on any atom is -0.493 e. The van der Waals surface area contributed by atoms with Gasteiger partial charge in [0.25, 0.3) is 0 Å². The van der Waals surface area contributed by atoms with Gasteiger partial charge in [-0.3, -0.25) is 4.79 Å². The van der Waals surface area contributed by atoms with Gasteiger partial charge in [-0.1, -0.05) is 18.2 Å². The third kappa shape index (κ3) is 4.74. The van der Waals surface area contributed by atoms with Gasteiger partial charge in [-0.25, -0.2) is 0 Å². The Hall–Kier alpha value is -3.21. The van der Waals surface area contributed by atoms with Crippen molar-refractivity contribution in [3.05, 3.63) is 78.1 Å². The van der Waals surface area contributed by atoms with Crippen LogP contribution in [0.5, 0.6) is 11.5 Å². The third-order valence-electron chi connectivity index (χ3n) is 4.57. The number of carbonyl (C=O) groups excluding carboxylic acids is 1. The molecule has 1 unspecified atom stereocenters. The van der Waals surface area contributed by atoms with Crippen molar-refractivity contribution in [2.24, 2.45) is 0 Å². The number of nitrogens with zero attached hydrogens (tertiary/aromatic N) is 1. The van der Waals surface area contributed by atoms with Crippen molar-refractivity contribution in [2.75, 3.05) is 13.7 Å². The molecule has 0 radical (unpaired) electrons. The molecule has 1 N–H and O–H groups in total. The van der Waals surface area contributed by atoms with Gasteiger partial charge in [-0.05, 0) is 61.4 Å². The van der Waals surface area contributed by atoms with Gasteiger partial charge in [0.15, 0.2) is 11.5 Å². The van der Waals surface area contributed by atoms with Crippen LogP contribution in [-0.4, -0.2) is 24.2 Å². The van der Waals surface area contributed by atoms with Gasteiger partial charge in [-0.15, -0.1) is 0 Å². The van der Waals surface area contributed by atoms with Gasteiger partial charge in [0.05, 0.1) is 26.2 Å². The molecule has 5 nitrogen and oxygen atoms in total. The van der Waals surface area contributed by atoms with Crippen molar-refractivity contribution in [3.63, 3.8) is 0 Å². The summed E-state index contributed by atoms with van der Waals surface area (Å²) in [7, 11) is 1.61. The molecule has 0 aliphatic heterocycles. The van der Waals surface area contributed by atoms with Crippen LogP contribution in [0.3, 0.4) is 0 Å². The molecule has 0 fully saturated rings. The molecular formula is C23H26N2O3. The monoisotopic (exact) mass is 378 g/mol. The van der Waals surface area contributed by atoms with Crippen molar-refractivity contribution in [1.82, 2.24) is 9.88 Å². The number of amides is 1. The zero-order valence-electron chi connectivity index (χ0n) is 16.5. The Morgan fingerprint density at radius 1 is 1.07 bits per heavy atom. The molecule has 146 valence electrons. The molecule has 2 aromatic carbocycles. The zero-order chi connectivity index (χ0) is 19.9. The maximum Gasteiger partial charge on any atom is 0.224 e. The minimum absolute atomic E-state index is 0.0194. The van der Waals surface area contributed by atoms with E-state index in [1.165, 1.54) is 0 Å². The van der Waals surface area contributed by atoms with Crippen molar-refractivity contribution in [1.29, 1.82) is 0 Å². The topological polar surface area (TPSA) is 52.5 Å². The molecule has 5 heteroatoms. The van der Waals surface area contributed by atoms with Crippen LogP contribution in [0.2, 0.25) is 0 Å². The lowest BCUT2D eigenvalue weighted by Crippen LogP contribution is -2.28. The van der Waals surface area contributed by atoms with E-state index in [2.05, 4.69) is 5.32 Å². The second kappa shape index (κ2) is 9.13. The van der Waals surface area contributed by atoms with Crippen LogP contribution in [0.15, 0.2) is 67.0 Å². The Morgan fingerprint density at radius 2 is 1.79 bits per heavy atom. The highest BCUT2D eigenvalue weighted by atomic mass is 16.5. The summed E-state index contributed by atoms with van der Waals surface area (Å²) in [6.07, 6.45) is 4.33. The molecule has 1 aromatic heterocycles. The molecule has 0 saturated heterocycles. The van der Waals surface area contributed by atoms with E-state index in [9.17, 15) is 4.79 Å². The Morgan fingerprint density at radius 3 is 2.43 bits per heavy atom. The average molecular weight is 378 g/mol. The lowest BCUT2D eigenvalue weighted by atomic mass is 10.1. The molecule has 0 saturated carbocycles. The van der Waals surface area contributed by atoms with Crippen molar-refractivity contribution < 1.29 is 14.3 Å².